The third kappa shape index (κ3) is 2.14. The summed E-state index contributed by atoms with van der Waals surface area (Å²) in [6, 6.07) is 0. The van der Waals surface area contributed by atoms with Crippen LogP contribution in [-0.2, 0) is 16.4 Å². The Kier molecular flexibility index (Phi) is 3.33. The minimum Gasteiger partial charge on any atom is -0.337 e. The maximum absolute atomic E-state index is 12.3. The summed E-state index contributed by atoms with van der Waals surface area (Å²) in [6.07, 6.45) is 1.10. The summed E-state index contributed by atoms with van der Waals surface area (Å²) in [5, 5.41) is -0.228. The number of hydrogen-bond acceptors (Lipinski definition) is 6. The van der Waals surface area contributed by atoms with Crippen molar-refractivity contribution in [3.8, 4) is 0 Å². The van der Waals surface area contributed by atoms with Crippen LogP contribution < -0.4 is 5.56 Å². The van der Waals surface area contributed by atoms with E-state index in [-0.39, 0.29) is 28.9 Å². The highest BCUT2D eigenvalue weighted by Gasteiger charge is 2.31. The van der Waals surface area contributed by atoms with E-state index in [0.717, 1.165) is 22.3 Å². The molecular weight excluding hydrogens is 302 g/mol. The monoisotopic (exact) mass is 315 g/mol. The second-order valence-corrected chi connectivity index (χ2v) is 7.86. The molecule has 3 rings (SSSR count). The molecule has 0 aliphatic carbocycles. The van der Waals surface area contributed by atoms with Gasteiger partial charge in [0, 0.05) is 37.3 Å². The second-order valence-electron chi connectivity index (χ2n) is 4.63. The molecule has 1 aromatic heterocycles. The van der Waals surface area contributed by atoms with E-state index in [1.807, 2.05) is 0 Å². The Labute approximate surface area is 119 Å². The number of fused-ring (bicyclic) bond motifs is 1. The van der Waals surface area contributed by atoms with Gasteiger partial charge in [-0.15, -0.1) is 0 Å². The largest absolute Gasteiger partial charge is 0.337 e. The predicted molar refractivity (Wildman–Crippen MR) is 73.8 cm³/mol. The highest BCUT2D eigenvalue weighted by Crippen LogP contribution is 2.16. The molecule has 3 heterocycles. The molecule has 0 aromatic carbocycles. The molecule has 1 aromatic rings. The zero-order valence-electron chi connectivity index (χ0n) is 10.6. The average molecular weight is 315 g/mol. The van der Waals surface area contributed by atoms with E-state index in [2.05, 4.69) is 4.98 Å². The third-order valence-electron chi connectivity index (χ3n) is 3.40. The van der Waals surface area contributed by atoms with Crippen LogP contribution in [0.3, 0.4) is 0 Å². The number of amides is 1. The summed E-state index contributed by atoms with van der Waals surface area (Å²) < 4.78 is 24.4. The van der Waals surface area contributed by atoms with Crippen molar-refractivity contribution in [2.24, 2.45) is 0 Å². The van der Waals surface area contributed by atoms with Crippen LogP contribution >= 0.6 is 11.8 Å². The van der Waals surface area contributed by atoms with Gasteiger partial charge in [-0.05, 0) is 0 Å². The third-order valence-corrected chi connectivity index (χ3v) is 5.95. The molecule has 9 heteroatoms. The van der Waals surface area contributed by atoms with E-state index in [9.17, 15) is 18.0 Å². The minimum atomic E-state index is -3.47. The van der Waals surface area contributed by atoms with Crippen molar-refractivity contribution in [2.45, 2.75) is 11.7 Å². The summed E-state index contributed by atoms with van der Waals surface area (Å²) >= 11 is 1.76. The van der Waals surface area contributed by atoms with Crippen LogP contribution in [0.4, 0.5) is 0 Å². The smallest absolute Gasteiger partial charge is 0.267 e. The number of aromatic nitrogens is 2. The molecule has 20 heavy (non-hydrogen) atoms. The number of sulfone groups is 1. The van der Waals surface area contributed by atoms with Crippen LogP contribution in [0.15, 0.2) is 16.1 Å². The van der Waals surface area contributed by atoms with Crippen molar-refractivity contribution in [1.29, 1.82) is 0 Å². The van der Waals surface area contributed by atoms with Crippen LogP contribution in [0.2, 0.25) is 0 Å². The molecule has 0 atom stereocenters. The topological polar surface area (TPSA) is 89.3 Å². The molecule has 1 saturated heterocycles. The van der Waals surface area contributed by atoms with Gasteiger partial charge >= 0.3 is 0 Å². The SMILES string of the molecule is O=C(c1cnc2n(c1=O)CCS2(=O)=O)N1CCSCC1. The Hall–Kier alpha value is -1.35. The summed E-state index contributed by atoms with van der Waals surface area (Å²) in [6.45, 7) is 1.27. The van der Waals surface area contributed by atoms with E-state index < -0.39 is 15.4 Å². The van der Waals surface area contributed by atoms with Gasteiger partial charge in [-0.25, -0.2) is 13.4 Å². The average Bonchev–Trinajstić information content (AvgIpc) is 2.76. The second kappa shape index (κ2) is 4.88. The van der Waals surface area contributed by atoms with Crippen LogP contribution in [0.25, 0.3) is 0 Å². The molecule has 2 aliphatic rings. The van der Waals surface area contributed by atoms with E-state index in [1.54, 1.807) is 16.7 Å². The van der Waals surface area contributed by atoms with Crippen molar-refractivity contribution in [3.63, 3.8) is 0 Å². The van der Waals surface area contributed by atoms with Crippen molar-refractivity contribution >= 4 is 27.5 Å². The van der Waals surface area contributed by atoms with Crippen molar-refractivity contribution in [1.82, 2.24) is 14.5 Å². The van der Waals surface area contributed by atoms with E-state index in [4.69, 9.17) is 0 Å². The minimum absolute atomic E-state index is 0.0437. The number of carbonyl (C=O) groups excluding carboxylic acids is 1. The molecular formula is C11H13N3O4S2. The van der Waals surface area contributed by atoms with Crippen LogP contribution in [0, 0.1) is 0 Å². The van der Waals surface area contributed by atoms with Gasteiger partial charge in [0.1, 0.15) is 5.56 Å². The van der Waals surface area contributed by atoms with Crippen molar-refractivity contribution < 1.29 is 13.2 Å². The number of carbonyl (C=O) groups is 1. The molecule has 0 saturated carbocycles. The Morgan fingerprint density at radius 3 is 2.65 bits per heavy atom. The molecule has 0 radical (unpaired) electrons. The molecule has 1 fully saturated rings. The zero-order valence-corrected chi connectivity index (χ0v) is 12.2. The fourth-order valence-electron chi connectivity index (χ4n) is 2.31. The normalized spacial score (nSPS) is 20.7. The zero-order chi connectivity index (χ0) is 14.3. The van der Waals surface area contributed by atoms with Gasteiger partial charge in [-0.1, -0.05) is 0 Å². The molecule has 0 spiro atoms. The quantitative estimate of drug-likeness (QED) is 0.632. The predicted octanol–water partition coefficient (Wildman–Crippen LogP) is -0.780. The van der Waals surface area contributed by atoms with Crippen molar-refractivity contribution in [2.75, 3.05) is 30.3 Å². The van der Waals surface area contributed by atoms with Gasteiger partial charge in [-0.2, -0.15) is 11.8 Å². The van der Waals surface area contributed by atoms with Crippen LogP contribution in [0.1, 0.15) is 10.4 Å². The van der Waals surface area contributed by atoms with Gasteiger partial charge in [0.25, 0.3) is 11.5 Å². The lowest BCUT2D eigenvalue weighted by atomic mass is 10.2. The van der Waals surface area contributed by atoms with E-state index in [1.165, 1.54) is 0 Å². The maximum Gasteiger partial charge on any atom is 0.267 e. The number of nitrogens with zero attached hydrogens (tertiary/aromatic N) is 3. The van der Waals surface area contributed by atoms with Gasteiger partial charge in [0.15, 0.2) is 0 Å². The van der Waals surface area contributed by atoms with Crippen molar-refractivity contribution in [3.05, 3.63) is 22.1 Å². The molecule has 7 nitrogen and oxygen atoms in total. The summed E-state index contributed by atoms with van der Waals surface area (Å²) in [7, 11) is -3.47. The summed E-state index contributed by atoms with van der Waals surface area (Å²) in [5.41, 5.74) is -0.600. The van der Waals surface area contributed by atoms with Crippen LogP contribution in [0.5, 0.6) is 0 Å². The fourth-order valence-corrected chi connectivity index (χ4v) is 4.54. The first-order valence-corrected chi connectivity index (χ1v) is 9.01. The lowest BCUT2D eigenvalue weighted by Gasteiger charge is -2.26. The van der Waals surface area contributed by atoms with E-state index >= 15 is 0 Å². The molecule has 0 unspecified atom stereocenters. The number of rotatable bonds is 1. The molecule has 0 N–H and O–H groups in total. The highest BCUT2D eigenvalue weighted by atomic mass is 32.2. The first-order chi connectivity index (χ1) is 9.50. The van der Waals surface area contributed by atoms with Gasteiger partial charge in [-0.3, -0.25) is 14.2 Å². The Bertz CT molecular complexity index is 720. The lowest BCUT2D eigenvalue weighted by molar-refractivity contribution is 0.0769. The number of thioether (sulfide) groups is 1. The number of hydrogen-bond donors (Lipinski definition) is 0. The first kappa shape index (κ1) is 13.6. The Morgan fingerprint density at radius 2 is 1.95 bits per heavy atom. The molecule has 1 amide bonds. The lowest BCUT2D eigenvalue weighted by Crippen LogP contribution is -2.41. The standard InChI is InChI=1S/C11H13N3O4S2/c15-9(13-1-4-19-5-2-13)8-7-12-11-14(10(8)16)3-6-20(11,17)18/h7H,1-6H2. The first-order valence-electron chi connectivity index (χ1n) is 6.20. The molecule has 108 valence electrons. The van der Waals surface area contributed by atoms with Crippen LogP contribution in [-0.4, -0.2) is 59.1 Å². The Balaban J connectivity index is 2.00. The maximum atomic E-state index is 12.3. The molecule has 2 aliphatic heterocycles. The Morgan fingerprint density at radius 1 is 1.25 bits per heavy atom. The van der Waals surface area contributed by atoms with E-state index in [0.29, 0.717) is 13.1 Å². The summed E-state index contributed by atoms with van der Waals surface area (Å²) in [5.74, 6) is 1.20. The van der Waals surface area contributed by atoms with Gasteiger partial charge in [0.05, 0.1) is 5.75 Å². The van der Waals surface area contributed by atoms with Gasteiger partial charge < -0.3 is 4.90 Å². The summed E-state index contributed by atoms with van der Waals surface area (Å²) in [4.78, 5) is 30.0. The molecule has 0 bridgehead atoms. The van der Waals surface area contributed by atoms with Gasteiger partial charge in [0.2, 0.25) is 15.0 Å². The fraction of sp³-hybridized carbons (Fsp3) is 0.545. The highest BCUT2D eigenvalue weighted by molar-refractivity contribution is 7.99.